The molecule has 0 aliphatic carbocycles. The van der Waals surface area contributed by atoms with Crippen LogP contribution in [0.2, 0.25) is 0 Å². The number of nitrogens with zero attached hydrogens (tertiary/aromatic N) is 4. The van der Waals surface area contributed by atoms with Gasteiger partial charge in [0.2, 0.25) is 0 Å². The maximum Gasteiger partial charge on any atom is 0.337 e. The molecular weight excluding hydrogens is 456 g/mol. The van der Waals surface area contributed by atoms with Crippen molar-refractivity contribution in [3.63, 3.8) is 0 Å². The molecule has 0 saturated carbocycles. The Morgan fingerprint density at radius 3 is 2.31 bits per heavy atom. The van der Waals surface area contributed by atoms with Gasteiger partial charge in [-0.2, -0.15) is 9.78 Å². The van der Waals surface area contributed by atoms with Crippen LogP contribution in [0.1, 0.15) is 31.8 Å². The second-order valence-corrected chi connectivity index (χ2v) is 8.13. The molecule has 0 bridgehead atoms. The molecule has 0 atom stereocenters. The van der Waals surface area contributed by atoms with E-state index in [-0.39, 0.29) is 11.4 Å². The molecular formula is C27H22N6O3. The summed E-state index contributed by atoms with van der Waals surface area (Å²) in [6.45, 7) is 1.97. The van der Waals surface area contributed by atoms with Crippen molar-refractivity contribution in [2.45, 2.75) is 6.92 Å². The van der Waals surface area contributed by atoms with Gasteiger partial charge in [0, 0.05) is 5.69 Å². The first-order valence-electron chi connectivity index (χ1n) is 11.1. The molecule has 0 unspecified atom stereocenters. The van der Waals surface area contributed by atoms with E-state index in [1.807, 2.05) is 55.5 Å². The van der Waals surface area contributed by atoms with E-state index in [1.165, 1.54) is 11.8 Å². The van der Waals surface area contributed by atoms with Gasteiger partial charge < -0.3 is 15.8 Å². The Morgan fingerprint density at radius 1 is 0.972 bits per heavy atom. The third kappa shape index (κ3) is 4.25. The fraction of sp³-hybridized carbons (Fsp3) is 0.0741. The zero-order valence-corrected chi connectivity index (χ0v) is 19.6. The summed E-state index contributed by atoms with van der Waals surface area (Å²) in [6.07, 6.45) is 1.56. The molecule has 0 fully saturated rings. The minimum atomic E-state index is -0.425. The molecule has 178 valence electrons. The van der Waals surface area contributed by atoms with Crippen molar-refractivity contribution in [2.75, 3.05) is 18.2 Å². The summed E-state index contributed by atoms with van der Waals surface area (Å²) >= 11 is 0. The number of anilines is 2. The second kappa shape index (κ2) is 9.30. The Kier molecular flexibility index (Phi) is 5.87. The summed E-state index contributed by atoms with van der Waals surface area (Å²) in [5.41, 5.74) is 11.5. The summed E-state index contributed by atoms with van der Waals surface area (Å²) in [5.74, 6) is -0.736. The minimum absolute atomic E-state index is 0.104. The zero-order valence-electron chi connectivity index (χ0n) is 19.6. The number of nitrogens with two attached hydrogens (primary N) is 1. The first kappa shape index (κ1) is 22.7. The lowest BCUT2D eigenvalue weighted by Gasteiger charge is -2.06. The van der Waals surface area contributed by atoms with E-state index < -0.39 is 11.9 Å². The molecule has 0 aliphatic rings. The van der Waals surface area contributed by atoms with Crippen molar-refractivity contribution in [1.82, 2.24) is 14.6 Å². The number of methoxy groups -OCH3 is 1. The van der Waals surface area contributed by atoms with Gasteiger partial charge in [0.25, 0.3) is 5.91 Å². The molecule has 5 aromatic rings. The minimum Gasteiger partial charge on any atom is -0.465 e. The molecule has 9 nitrogen and oxygen atoms in total. The van der Waals surface area contributed by atoms with Crippen LogP contribution in [0.4, 0.5) is 11.5 Å². The highest BCUT2D eigenvalue weighted by atomic mass is 16.5. The third-order valence-corrected chi connectivity index (χ3v) is 5.66. The standard InChI is InChI=1S/C27H22N6O3/c1-16-7-13-19(14-8-16)30-26(34)22-23-25(32-21-6-4-3-5-20(21)31-23)33(24(22)28)29-15-17-9-11-18(12-10-17)27(35)36-2/h3-15H,28H2,1-2H3,(H,30,34)/b29-15-. The summed E-state index contributed by atoms with van der Waals surface area (Å²) in [4.78, 5) is 34.4. The van der Waals surface area contributed by atoms with E-state index >= 15 is 0 Å². The van der Waals surface area contributed by atoms with Gasteiger partial charge in [0.15, 0.2) is 5.65 Å². The van der Waals surface area contributed by atoms with Crippen molar-refractivity contribution in [2.24, 2.45) is 5.10 Å². The van der Waals surface area contributed by atoms with E-state index in [9.17, 15) is 9.59 Å². The van der Waals surface area contributed by atoms with Crippen molar-refractivity contribution in [3.05, 3.63) is 95.1 Å². The first-order chi connectivity index (χ1) is 17.4. The molecule has 5 rings (SSSR count). The van der Waals surface area contributed by atoms with Crippen LogP contribution in [0.15, 0.2) is 77.9 Å². The molecule has 0 spiro atoms. The van der Waals surface area contributed by atoms with Gasteiger partial charge in [-0.15, -0.1) is 0 Å². The number of esters is 1. The van der Waals surface area contributed by atoms with Crippen molar-refractivity contribution >= 4 is 51.8 Å². The molecule has 3 N–H and O–H groups in total. The topological polar surface area (TPSA) is 124 Å². The van der Waals surface area contributed by atoms with Gasteiger partial charge >= 0.3 is 5.97 Å². The molecule has 3 aromatic carbocycles. The van der Waals surface area contributed by atoms with E-state index in [0.29, 0.717) is 39.0 Å². The van der Waals surface area contributed by atoms with Gasteiger partial charge in [-0.25, -0.2) is 14.8 Å². The number of aryl methyl sites for hydroxylation is 1. The van der Waals surface area contributed by atoms with E-state index in [0.717, 1.165) is 5.56 Å². The highest BCUT2D eigenvalue weighted by Crippen LogP contribution is 2.28. The smallest absolute Gasteiger partial charge is 0.337 e. The van der Waals surface area contributed by atoms with Crippen LogP contribution in [-0.2, 0) is 4.74 Å². The van der Waals surface area contributed by atoms with Crippen LogP contribution in [0.5, 0.6) is 0 Å². The normalized spacial score (nSPS) is 11.3. The number of para-hydroxylation sites is 2. The van der Waals surface area contributed by atoms with Gasteiger partial charge in [0.05, 0.1) is 29.9 Å². The number of nitrogens with one attached hydrogen (secondary N) is 1. The number of fused-ring (bicyclic) bond motifs is 2. The van der Waals surface area contributed by atoms with Gasteiger partial charge in [-0.1, -0.05) is 42.0 Å². The molecule has 2 aromatic heterocycles. The number of rotatable bonds is 5. The summed E-state index contributed by atoms with van der Waals surface area (Å²) in [7, 11) is 1.33. The van der Waals surface area contributed by atoms with E-state index in [2.05, 4.69) is 20.4 Å². The number of hydrogen-bond donors (Lipinski definition) is 2. The average Bonchev–Trinajstić information content (AvgIpc) is 3.17. The SMILES string of the molecule is COC(=O)c1ccc(/C=N\n2c(N)c(C(=O)Nc3ccc(C)cc3)c3nc4ccccc4nc32)cc1. The molecule has 2 heterocycles. The van der Waals surface area contributed by atoms with Crippen LogP contribution >= 0.6 is 0 Å². The Labute approximate surface area is 206 Å². The van der Waals surface area contributed by atoms with Gasteiger partial charge in [-0.3, -0.25) is 4.79 Å². The predicted molar refractivity (Wildman–Crippen MR) is 139 cm³/mol. The Morgan fingerprint density at radius 2 is 1.64 bits per heavy atom. The van der Waals surface area contributed by atoms with Crippen molar-refractivity contribution < 1.29 is 14.3 Å². The number of ether oxygens (including phenoxy) is 1. The van der Waals surface area contributed by atoms with Crippen LogP contribution in [-0.4, -0.2) is 39.8 Å². The zero-order chi connectivity index (χ0) is 25.2. The van der Waals surface area contributed by atoms with E-state index in [1.54, 1.807) is 30.5 Å². The number of benzene rings is 3. The van der Waals surface area contributed by atoms with E-state index in [4.69, 9.17) is 10.5 Å². The lowest BCUT2D eigenvalue weighted by molar-refractivity contribution is 0.0600. The second-order valence-electron chi connectivity index (χ2n) is 8.13. The lowest BCUT2D eigenvalue weighted by atomic mass is 10.1. The van der Waals surface area contributed by atoms with Crippen LogP contribution in [0.25, 0.3) is 22.2 Å². The molecule has 0 saturated heterocycles. The Hall–Kier alpha value is -5.05. The fourth-order valence-corrected chi connectivity index (χ4v) is 3.77. The summed E-state index contributed by atoms with van der Waals surface area (Å²) < 4.78 is 6.13. The quantitative estimate of drug-likeness (QED) is 0.285. The highest BCUT2D eigenvalue weighted by Gasteiger charge is 2.24. The molecule has 0 radical (unpaired) electrons. The molecule has 0 aliphatic heterocycles. The van der Waals surface area contributed by atoms with Crippen LogP contribution < -0.4 is 11.1 Å². The number of carbonyl (C=O) groups excluding carboxylic acids is 2. The van der Waals surface area contributed by atoms with Crippen LogP contribution in [0.3, 0.4) is 0 Å². The first-order valence-corrected chi connectivity index (χ1v) is 11.1. The maximum atomic E-state index is 13.3. The molecule has 36 heavy (non-hydrogen) atoms. The molecule has 9 heteroatoms. The molecule has 1 amide bonds. The van der Waals surface area contributed by atoms with Gasteiger partial charge in [0.1, 0.15) is 16.9 Å². The number of aromatic nitrogens is 3. The van der Waals surface area contributed by atoms with Gasteiger partial charge in [-0.05, 0) is 48.9 Å². The fourth-order valence-electron chi connectivity index (χ4n) is 3.77. The van der Waals surface area contributed by atoms with Crippen LogP contribution in [0, 0.1) is 6.92 Å². The average molecular weight is 479 g/mol. The third-order valence-electron chi connectivity index (χ3n) is 5.66. The summed E-state index contributed by atoms with van der Waals surface area (Å²) in [5, 5.41) is 7.38. The highest BCUT2D eigenvalue weighted by molar-refractivity contribution is 6.16. The van der Waals surface area contributed by atoms with Crippen molar-refractivity contribution in [1.29, 1.82) is 0 Å². The number of amides is 1. The Bertz CT molecular complexity index is 1640. The number of hydrogen-bond acceptors (Lipinski definition) is 7. The monoisotopic (exact) mass is 478 g/mol. The van der Waals surface area contributed by atoms with Crippen molar-refractivity contribution in [3.8, 4) is 0 Å². The number of carbonyl (C=O) groups is 2. The number of nitrogen functional groups attached to an aromatic ring is 1. The maximum absolute atomic E-state index is 13.3. The summed E-state index contributed by atoms with van der Waals surface area (Å²) in [6, 6.07) is 21.5. The largest absolute Gasteiger partial charge is 0.465 e. The predicted octanol–water partition coefficient (Wildman–Crippen LogP) is 4.40. The Balaban J connectivity index is 1.59. The lowest BCUT2D eigenvalue weighted by Crippen LogP contribution is -2.14.